The maximum absolute atomic E-state index is 12.7. The Kier molecular flexibility index (Phi) is 4.91. The number of nitrogen functional groups attached to an aromatic ring is 1. The quantitative estimate of drug-likeness (QED) is 0.857. The van der Waals surface area contributed by atoms with Gasteiger partial charge < -0.3 is 10.6 Å². The van der Waals surface area contributed by atoms with E-state index in [1.54, 1.807) is 22.5 Å². The minimum absolute atomic E-state index is 0.311. The van der Waals surface area contributed by atoms with Crippen molar-refractivity contribution in [3.63, 3.8) is 0 Å². The molecule has 0 radical (unpaired) electrons. The highest BCUT2D eigenvalue weighted by atomic mass is 32.2. The fourth-order valence-electron chi connectivity index (χ4n) is 2.92. The summed E-state index contributed by atoms with van der Waals surface area (Å²) in [7, 11) is 0.689. The first-order chi connectivity index (χ1) is 9.79. The third-order valence-electron chi connectivity index (χ3n) is 3.91. The molecule has 1 aliphatic heterocycles. The number of anilines is 1. The summed E-state index contributed by atoms with van der Waals surface area (Å²) in [5.74, 6) is 0.578. The summed E-state index contributed by atoms with van der Waals surface area (Å²) in [6, 6.07) is 5.02. The molecule has 6 heteroatoms. The molecular formula is C15H25N3O2S. The van der Waals surface area contributed by atoms with E-state index < -0.39 is 10.0 Å². The van der Waals surface area contributed by atoms with Gasteiger partial charge in [-0.25, -0.2) is 8.42 Å². The van der Waals surface area contributed by atoms with Crippen LogP contribution in [0, 0.1) is 12.8 Å². The zero-order valence-electron chi connectivity index (χ0n) is 13.0. The maximum atomic E-state index is 12.7. The van der Waals surface area contributed by atoms with Gasteiger partial charge in [-0.3, -0.25) is 0 Å². The molecule has 0 spiro atoms. The molecule has 0 unspecified atom stereocenters. The van der Waals surface area contributed by atoms with Gasteiger partial charge in [0.15, 0.2) is 0 Å². The molecule has 1 aliphatic rings. The van der Waals surface area contributed by atoms with Gasteiger partial charge in [-0.1, -0.05) is 0 Å². The molecule has 21 heavy (non-hydrogen) atoms. The molecule has 1 saturated heterocycles. The summed E-state index contributed by atoms with van der Waals surface area (Å²) in [5.41, 5.74) is 7.14. The summed E-state index contributed by atoms with van der Waals surface area (Å²) < 4.78 is 27.0. The molecule has 0 atom stereocenters. The smallest absolute Gasteiger partial charge is 0.243 e. The van der Waals surface area contributed by atoms with Crippen LogP contribution in [0.15, 0.2) is 23.1 Å². The lowest BCUT2D eigenvalue weighted by atomic mass is 9.98. The number of piperidine rings is 1. The second-order valence-electron chi connectivity index (χ2n) is 6.19. The highest BCUT2D eigenvalue weighted by Crippen LogP contribution is 2.25. The second kappa shape index (κ2) is 6.34. The summed E-state index contributed by atoms with van der Waals surface area (Å²) in [6.07, 6.45) is 1.83. The number of hydrogen-bond donors (Lipinski definition) is 1. The van der Waals surface area contributed by atoms with Crippen LogP contribution in [0.3, 0.4) is 0 Å². The van der Waals surface area contributed by atoms with E-state index in [1.807, 2.05) is 6.92 Å². The monoisotopic (exact) mass is 311 g/mol. The predicted molar refractivity (Wildman–Crippen MR) is 85.6 cm³/mol. The SMILES string of the molecule is Cc1cc(N)cc(S(=O)(=O)N2CCC(CN(C)C)CC2)c1. The number of rotatable bonds is 4. The molecule has 0 aromatic heterocycles. The average Bonchev–Trinajstić information content (AvgIpc) is 2.37. The zero-order chi connectivity index (χ0) is 15.6. The molecule has 0 amide bonds. The molecule has 1 aromatic rings. The van der Waals surface area contributed by atoms with E-state index in [1.165, 1.54) is 0 Å². The number of nitrogens with two attached hydrogens (primary N) is 1. The molecule has 2 rings (SSSR count). The van der Waals surface area contributed by atoms with Crippen LogP contribution in [0.2, 0.25) is 0 Å². The van der Waals surface area contributed by atoms with Crippen LogP contribution in [-0.4, -0.2) is 51.4 Å². The Morgan fingerprint density at radius 2 is 1.86 bits per heavy atom. The Balaban J connectivity index is 2.11. The fraction of sp³-hybridized carbons (Fsp3) is 0.600. The van der Waals surface area contributed by atoms with Crippen LogP contribution >= 0.6 is 0 Å². The number of benzene rings is 1. The predicted octanol–water partition coefficient (Wildman–Crippen LogP) is 1.54. The minimum Gasteiger partial charge on any atom is -0.399 e. The van der Waals surface area contributed by atoms with Crippen LogP contribution in [0.25, 0.3) is 0 Å². The Bertz CT molecular complexity index is 571. The van der Waals surface area contributed by atoms with Gasteiger partial charge in [-0.2, -0.15) is 4.31 Å². The van der Waals surface area contributed by atoms with Crippen LogP contribution in [0.1, 0.15) is 18.4 Å². The van der Waals surface area contributed by atoms with Crippen molar-refractivity contribution in [3.05, 3.63) is 23.8 Å². The Hall–Kier alpha value is -1.11. The topological polar surface area (TPSA) is 66.6 Å². The van der Waals surface area contributed by atoms with Crippen molar-refractivity contribution in [1.82, 2.24) is 9.21 Å². The summed E-state index contributed by atoms with van der Waals surface area (Å²) >= 11 is 0. The number of aryl methyl sites for hydroxylation is 1. The van der Waals surface area contributed by atoms with Gasteiger partial charge in [-0.05, 0) is 63.5 Å². The first kappa shape index (κ1) is 16.3. The largest absolute Gasteiger partial charge is 0.399 e. The van der Waals surface area contributed by atoms with E-state index in [0.29, 0.717) is 29.6 Å². The lowest BCUT2D eigenvalue weighted by molar-refractivity contribution is 0.225. The molecule has 5 nitrogen and oxygen atoms in total. The molecule has 1 heterocycles. The van der Waals surface area contributed by atoms with Crippen LogP contribution in [0.5, 0.6) is 0 Å². The Morgan fingerprint density at radius 1 is 1.24 bits per heavy atom. The van der Waals surface area contributed by atoms with Crippen molar-refractivity contribution in [3.8, 4) is 0 Å². The Labute approximate surface area is 127 Å². The summed E-state index contributed by atoms with van der Waals surface area (Å²) in [6.45, 7) is 4.06. The van der Waals surface area contributed by atoms with Crippen molar-refractivity contribution in [1.29, 1.82) is 0 Å². The highest BCUT2D eigenvalue weighted by molar-refractivity contribution is 7.89. The minimum atomic E-state index is -3.42. The summed E-state index contributed by atoms with van der Waals surface area (Å²) in [4.78, 5) is 2.47. The third-order valence-corrected chi connectivity index (χ3v) is 5.78. The lowest BCUT2D eigenvalue weighted by Gasteiger charge is -2.32. The zero-order valence-corrected chi connectivity index (χ0v) is 13.9. The van der Waals surface area contributed by atoms with E-state index >= 15 is 0 Å². The standard InChI is InChI=1S/C15H25N3O2S/c1-12-8-14(16)10-15(9-12)21(19,20)18-6-4-13(5-7-18)11-17(2)3/h8-10,13H,4-7,11,16H2,1-3H3. The van der Waals surface area contributed by atoms with E-state index in [-0.39, 0.29) is 0 Å². The lowest BCUT2D eigenvalue weighted by Crippen LogP contribution is -2.40. The number of nitrogens with zero attached hydrogens (tertiary/aromatic N) is 2. The second-order valence-corrected chi connectivity index (χ2v) is 8.13. The number of sulfonamides is 1. The molecule has 0 bridgehead atoms. The van der Waals surface area contributed by atoms with Crippen molar-refractivity contribution in [2.45, 2.75) is 24.7 Å². The van der Waals surface area contributed by atoms with Gasteiger partial charge >= 0.3 is 0 Å². The molecular weight excluding hydrogens is 286 g/mol. The van der Waals surface area contributed by atoms with E-state index in [9.17, 15) is 8.42 Å². The first-order valence-corrected chi connectivity index (χ1v) is 8.75. The van der Waals surface area contributed by atoms with Crippen molar-refractivity contribution in [2.75, 3.05) is 39.5 Å². The van der Waals surface area contributed by atoms with E-state index in [0.717, 1.165) is 24.9 Å². The van der Waals surface area contributed by atoms with E-state index in [2.05, 4.69) is 19.0 Å². The van der Waals surface area contributed by atoms with Crippen molar-refractivity contribution < 1.29 is 8.42 Å². The summed E-state index contributed by atoms with van der Waals surface area (Å²) in [5, 5.41) is 0. The molecule has 0 saturated carbocycles. The number of hydrogen-bond acceptors (Lipinski definition) is 4. The maximum Gasteiger partial charge on any atom is 0.243 e. The normalized spacial score (nSPS) is 18.3. The van der Waals surface area contributed by atoms with Gasteiger partial charge in [0, 0.05) is 25.3 Å². The van der Waals surface area contributed by atoms with Crippen molar-refractivity contribution in [2.24, 2.45) is 5.92 Å². The molecule has 2 N–H and O–H groups in total. The molecule has 1 aromatic carbocycles. The van der Waals surface area contributed by atoms with Gasteiger partial charge in [-0.15, -0.1) is 0 Å². The van der Waals surface area contributed by atoms with Crippen LogP contribution in [0.4, 0.5) is 5.69 Å². The molecule has 118 valence electrons. The fourth-order valence-corrected chi connectivity index (χ4v) is 4.53. The average molecular weight is 311 g/mol. The van der Waals surface area contributed by atoms with Crippen molar-refractivity contribution >= 4 is 15.7 Å². The van der Waals surface area contributed by atoms with Gasteiger partial charge in [0.05, 0.1) is 4.90 Å². The Morgan fingerprint density at radius 3 is 2.38 bits per heavy atom. The molecule has 1 fully saturated rings. The van der Waals surface area contributed by atoms with Crippen LogP contribution < -0.4 is 5.73 Å². The highest BCUT2D eigenvalue weighted by Gasteiger charge is 2.29. The van der Waals surface area contributed by atoms with Gasteiger partial charge in [0.25, 0.3) is 0 Å². The molecule has 0 aliphatic carbocycles. The first-order valence-electron chi connectivity index (χ1n) is 7.31. The van der Waals surface area contributed by atoms with Crippen LogP contribution in [-0.2, 0) is 10.0 Å². The van der Waals surface area contributed by atoms with Gasteiger partial charge in [0.2, 0.25) is 10.0 Å². The van der Waals surface area contributed by atoms with Gasteiger partial charge in [0.1, 0.15) is 0 Å². The third kappa shape index (κ3) is 3.96. The van der Waals surface area contributed by atoms with E-state index in [4.69, 9.17) is 5.73 Å².